The summed E-state index contributed by atoms with van der Waals surface area (Å²) in [5.41, 5.74) is 17.4. The smallest absolute Gasteiger partial charge is 0.167 e. The average Bonchev–Trinajstić information content (AvgIpc) is 3.69. The third kappa shape index (κ3) is 3.77. The Labute approximate surface area is 222 Å². The molecule has 1 aromatic carbocycles. The highest BCUT2D eigenvalue weighted by Gasteiger charge is 2.45. The van der Waals surface area contributed by atoms with Crippen molar-refractivity contribution in [1.82, 2.24) is 14.6 Å². The van der Waals surface area contributed by atoms with Crippen LogP contribution < -0.4 is 10.6 Å². The molecule has 2 aliphatic carbocycles. The Hall–Kier alpha value is -4.09. The number of hydrogen-bond donors (Lipinski definition) is 1. The van der Waals surface area contributed by atoms with Crippen molar-refractivity contribution in [3.63, 3.8) is 0 Å². The van der Waals surface area contributed by atoms with Crippen molar-refractivity contribution in [2.45, 2.75) is 44.9 Å². The molecular formula is C31H32N6O. The zero-order valence-corrected chi connectivity index (χ0v) is 21.7. The molecule has 2 unspecified atom stereocenters. The Kier molecular flexibility index (Phi) is 5.48. The van der Waals surface area contributed by atoms with E-state index in [0.29, 0.717) is 23.6 Å². The fourth-order valence-electron chi connectivity index (χ4n) is 6.40. The van der Waals surface area contributed by atoms with Gasteiger partial charge in [0.25, 0.3) is 0 Å². The Morgan fingerprint density at radius 2 is 2.03 bits per heavy atom. The van der Waals surface area contributed by atoms with Crippen LogP contribution in [0.15, 0.2) is 65.8 Å². The fraction of sp³-hybridized carbons (Fsp3) is 0.355. The predicted octanol–water partition coefficient (Wildman–Crippen LogP) is 5.89. The minimum absolute atomic E-state index is 0.355. The first-order chi connectivity index (χ1) is 18.6. The number of nitrogen functional groups attached to an aromatic ring is 1. The second-order valence-electron chi connectivity index (χ2n) is 10.8. The van der Waals surface area contributed by atoms with Gasteiger partial charge >= 0.3 is 0 Å². The molecule has 2 atom stereocenters. The summed E-state index contributed by atoms with van der Waals surface area (Å²) < 4.78 is 1.82. The van der Waals surface area contributed by atoms with E-state index in [1.807, 2.05) is 10.7 Å². The van der Waals surface area contributed by atoms with Crippen molar-refractivity contribution in [2.24, 2.45) is 17.0 Å². The van der Waals surface area contributed by atoms with Crippen LogP contribution in [0.4, 0.5) is 11.6 Å². The molecule has 4 heterocycles. The normalized spacial score (nSPS) is 22.8. The molecule has 38 heavy (non-hydrogen) atoms. The molecule has 192 valence electrons. The van der Waals surface area contributed by atoms with Gasteiger partial charge in [-0.3, -0.25) is 0 Å². The summed E-state index contributed by atoms with van der Waals surface area (Å²) in [6.07, 6.45) is 13.2. The monoisotopic (exact) mass is 504 g/mol. The van der Waals surface area contributed by atoms with Gasteiger partial charge in [-0.15, -0.1) is 5.73 Å². The van der Waals surface area contributed by atoms with Gasteiger partial charge < -0.3 is 15.5 Å². The molecule has 2 N–H and O–H groups in total. The lowest BCUT2D eigenvalue weighted by molar-refractivity contribution is 0.177. The molecule has 2 aromatic heterocycles. The van der Waals surface area contributed by atoms with E-state index in [4.69, 9.17) is 15.6 Å². The molecule has 7 rings (SSSR count). The number of rotatable bonds is 4. The van der Waals surface area contributed by atoms with Crippen molar-refractivity contribution in [2.75, 3.05) is 23.7 Å². The van der Waals surface area contributed by atoms with Gasteiger partial charge in [-0.1, -0.05) is 42.1 Å². The SMILES string of the molecule is C=C=CC1=NOC(C2CCN(c3nc4c(C5=Cc6ccccc6C6CC56)cnn4c(N)c3C)CC2)=CCC1. The molecule has 1 saturated heterocycles. The average molecular weight is 505 g/mol. The standard InChI is InChI=1S/C31H32N6O/c1-3-7-22-9-6-11-28(38-35-22)20-12-14-36(15-13-20)30-19(2)29(32)37-31(34-30)27(18-33-37)24-16-21-8-4-5-10-23(21)25-17-26(24)25/h4-5,7-8,10-11,16,18,20,25-26H,1,6,9,12-15,17,32H2,2H3. The van der Waals surface area contributed by atoms with E-state index in [0.717, 1.165) is 72.8 Å². The first kappa shape index (κ1) is 23.1. The van der Waals surface area contributed by atoms with Crippen LogP contribution >= 0.6 is 0 Å². The maximum absolute atomic E-state index is 6.65. The quantitative estimate of drug-likeness (QED) is 0.449. The number of allylic oxidation sites excluding steroid dienone is 4. The molecule has 0 bridgehead atoms. The Morgan fingerprint density at radius 3 is 2.87 bits per heavy atom. The van der Waals surface area contributed by atoms with Gasteiger partial charge in [0.05, 0.1) is 11.9 Å². The van der Waals surface area contributed by atoms with Crippen LogP contribution in [-0.4, -0.2) is 33.4 Å². The highest BCUT2D eigenvalue weighted by molar-refractivity contribution is 5.94. The summed E-state index contributed by atoms with van der Waals surface area (Å²) in [5.74, 6) is 4.11. The number of hydrogen-bond acceptors (Lipinski definition) is 6. The first-order valence-corrected chi connectivity index (χ1v) is 13.6. The van der Waals surface area contributed by atoms with Gasteiger partial charge in [0, 0.05) is 36.2 Å². The summed E-state index contributed by atoms with van der Waals surface area (Å²) in [4.78, 5) is 13.4. The van der Waals surface area contributed by atoms with Crippen LogP contribution in [0.5, 0.6) is 0 Å². The van der Waals surface area contributed by atoms with E-state index >= 15 is 0 Å². The van der Waals surface area contributed by atoms with Gasteiger partial charge in [-0.25, -0.2) is 4.98 Å². The van der Waals surface area contributed by atoms with E-state index in [2.05, 4.69) is 70.8 Å². The number of nitrogens with two attached hydrogens (primary N) is 1. The minimum Gasteiger partial charge on any atom is -0.383 e. The van der Waals surface area contributed by atoms with Crippen molar-refractivity contribution in [3.05, 3.63) is 82.9 Å². The number of anilines is 2. The van der Waals surface area contributed by atoms with E-state index in [1.54, 1.807) is 6.08 Å². The Bertz CT molecular complexity index is 1580. The third-order valence-electron chi connectivity index (χ3n) is 8.59. The summed E-state index contributed by atoms with van der Waals surface area (Å²) in [6, 6.07) is 8.75. The van der Waals surface area contributed by atoms with Gasteiger partial charge in [0.1, 0.15) is 17.4 Å². The highest BCUT2D eigenvalue weighted by Crippen LogP contribution is 2.59. The molecule has 2 fully saturated rings. The molecule has 0 amide bonds. The maximum Gasteiger partial charge on any atom is 0.167 e. The Balaban J connectivity index is 1.16. The largest absolute Gasteiger partial charge is 0.383 e. The predicted molar refractivity (Wildman–Crippen MR) is 152 cm³/mol. The van der Waals surface area contributed by atoms with Crippen molar-refractivity contribution in [1.29, 1.82) is 0 Å². The lowest BCUT2D eigenvalue weighted by Gasteiger charge is -2.34. The zero-order valence-electron chi connectivity index (χ0n) is 21.7. The van der Waals surface area contributed by atoms with Crippen molar-refractivity contribution in [3.8, 4) is 0 Å². The highest BCUT2D eigenvalue weighted by atomic mass is 16.6. The first-order valence-electron chi connectivity index (χ1n) is 13.6. The van der Waals surface area contributed by atoms with Crippen LogP contribution in [0.3, 0.4) is 0 Å². The summed E-state index contributed by atoms with van der Waals surface area (Å²) in [6.45, 7) is 7.48. The van der Waals surface area contributed by atoms with Crippen LogP contribution in [0, 0.1) is 18.8 Å². The van der Waals surface area contributed by atoms with Crippen LogP contribution in [0.1, 0.15) is 60.3 Å². The Morgan fingerprint density at radius 1 is 1.18 bits per heavy atom. The molecule has 3 aromatic rings. The van der Waals surface area contributed by atoms with E-state index in [-0.39, 0.29) is 0 Å². The number of benzene rings is 1. The van der Waals surface area contributed by atoms with Crippen molar-refractivity contribution < 1.29 is 4.84 Å². The maximum atomic E-state index is 6.65. The lowest BCUT2D eigenvalue weighted by Crippen LogP contribution is -2.35. The third-order valence-corrected chi connectivity index (χ3v) is 8.59. The molecule has 4 aliphatic rings. The van der Waals surface area contributed by atoms with E-state index in [1.165, 1.54) is 23.1 Å². The van der Waals surface area contributed by atoms with Crippen molar-refractivity contribution >= 4 is 34.6 Å². The minimum atomic E-state index is 0.355. The van der Waals surface area contributed by atoms with Crippen LogP contribution in [0.25, 0.3) is 17.3 Å². The summed E-state index contributed by atoms with van der Waals surface area (Å²) in [7, 11) is 0. The zero-order chi connectivity index (χ0) is 25.8. The molecule has 0 radical (unpaired) electrons. The number of fused-ring (bicyclic) bond motifs is 4. The van der Waals surface area contributed by atoms with Gasteiger partial charge in [-0.2, -0.15) is 9.61 Å². The second-order valence-corrected chi connectivity index (χ2v) is 10.8. The van der Waals surface area contributed by atoms with E-state index < -0.39 is 0 Å². The fourth-order valence-corrected chi connectivity index (χ4v) is 6.40. The van der Waals surface area contributed by atoms with Gasteiger partial charge in [-0.05, 0) is 73.6 Å². The number of oxime groups is 1. The molecule has 0 spiro atoms. The molecule has 7 nitrogen and oxygen atoms in total. The number of piperidine rings is 1. The van der Waals surface area contributed by atoms with E-state index in [9.17, 15) is 0 Å². The summed E-state index contributed by atoms with van der Waals surface area (Å²) in [5, 5.41) is 8.98. The lowest BCUT2D eigenvalue weighted by atomic mass is 9.89. The van der Waals surface area contributed by atoms with Gasteiger partial charge in [0.2, 0.25) is 0 Å². The second kappa shape index (κ2) is 9.03. The van der Waals surface area contributed by atoms with Crippen LogP contribution in [-0.2, 0) is 4.84 Å². The van der Waals surface area contributed by atoms with Crippen LogP contribution in [0.2, 0.25) is 0 Å². The number of aromatic nitrogens is 3. The topological polar surface area (TPSA) is 81.0 Å². The molecular weight excluding hydrogens is 472 g/mol. The molecule has 2 aliphatic heterocycles. The number of nitrogens with zero attached hydrogens (tertiary/aromatic N) is 5. The molecule has 1 saturated carbocycles. The van der Waals surface area contributed by atoms with Gasteiger partial charge in [0.15, 0.2) is 5.65 Å². The summed E-state index contributed by atoms with van der Waals surface area (Å²) >= 11 is 0. The molecule has 7 heteroatoms.